The van der Waals surface area contributed by atoms with Crippen LogP contribution in [0.25, 0.3) is 0 Å². The van der Waals surface area contributed by atoms with Gasteiger partial charge in [-0.2, -0.15) is 0 Å². The summed E-state index contributed by atoms with van der Waals surface area (Å²) < 4.78 is 0. The standard InChI is InChI=1S/C16H28N2S/c1-4-18(12-14-7-5-9-17-11-14)16(13(2)3)15-8-6-10-19-15/h6,8,10,13-14,16-17H,4-5,7,9,11-12H2,1-3H3. The Hall–Kier alpha value is -0.380. The molecule has 2 heterocycles. The first-order chi connectivity index (χ1) is 9.22. The van der Waals surface area contributed by atoms with Gasteiger partial charge in [0.25, 0.3) is 0 Å². The molecular weight excluding hydrogens is 252 g/mol. The zero-order valence-corrected chi connectivity index (χ0v) is 13.4. The summed E-state index contributed by atoms with van der Waals surface area (Å²) in [6, 6.07) is 5.08. The molecular formula is C16H28N2S. The summed E-state index contributed by atoms with van der Waals surface area (Å²) in [5, 5.41) is 5.75. The second-order valence-corrected chi connectivity index (χ2v) is 6.98. The van der Waals surface area contributed by atoms with Crippen LogP contribution in [0.1, 0.15) is 44.5 Å². The Labute approximate surface area is 122 Å². The highest BCUT2D eigenvalue weighted by Crippen LogP contribution is 2.32. The molecule has 2 atom stereocenters. The van der Waals surface area contributed by atoms with Crippen molar-refractivity contribution in [3.05, 3.63) is 22.4 Å². The molecule has 0 aromatic carbocycles. The van der Waals surface area contributed by atoms with E-state index in [2.05, 4.69) is 48.5 Å². The minimum absolute atomic E-state index is 0.590. The predicted molar refractivity (Wildman–Crippen MR) is 84.7 cm³/mol. The third-order valence-electron chi connectivity index (χ3n) is 4.16. The minimum Gasteiger partial charge on any atom is -0.316 e. The molecule has 0 saturated carbocycles. The molecule has 0 spiro atoms. The van der Waals surface area contributed by atoms with Crippen LogP contribution in [0.4, 0.5) is 0 Å². The van der Waals surface area contributed by atoms with E-state index in [1.54, 1.807) is 0 Å². The van der Waals surface area contributed by atoms with Gasteiger partial charge in [0.05, 0.1) is 0 Å². The number of piperidine rings is 1. The van der Waals surface area contributed by atoms with E-state index in [0.717, 1.165) is 12.5 Å². The fourth-order valence-electron chi connectivity index (χ4n) is 3.24. The molecule has 1 aliphatic rings. The van der Waals surface area contributed by atoms with E-state index in [1.807, 2.05) is 11.3 Å². The molecule has 0 amide bonds. The Balaban J connectivity index is 2.04. The quantitative estimate of drug-likeness (QED) is 0.853. The molecule has 1 aliphatic heterocycles. The molecule has 0 radical (unpaired) electrons. The Kier molecular flexibility index (Phi) is 5.86. The average molecular weight is 280 g/mol. The summed E-state index contributed by atoms with van der Waals surface area (Å²) in [6.07, 6.45) is 2.73. The zero-order valence-electron chi connectivity index (χ0n) is 12.6. The van der Waals surface area contributed by atoms with Crippen molar-refractivity contribution in [1.82, 2.24) is 10.2 Å². The van der Waals surface area contributed by atoms with Crippen LogP contribution in [0, 0.1) is 11.8 Å². The fraction of sp³-hybridized carbons (Fsp3) is 0.750. The van der Waals surface area contributed by atoms with Crippen LogP contribution in [0.2, 0.25) is 0 Å². The highest BCUT2D eigenvalue weighted by atomic mass is 32.1. The van der Waals surface area contributed by atoms with E-state index >= 15 is 0 Å². The van der Waals surface area contributed by atoms with E-state index < -0.39 is 0 Å². The smallest absolute Gasteiger partial charge is 0.0464 e. The third kappa shape index (κ3) is 4.04. The number of rotatable bonds is 6. The highest BCUT2D eigenvalue weighted by Gasteiger charge is 2.26. The van der Waals surface area contributed by atoms with E-state index in [1.165, 1.54) is 37.4 Å². The predicted octanol–water partition coefficient (Wildman–Crippen LogP) is 3.77. The average Bonchev–Trinajstić information content (AvgIpc) is 2.92. The van der Waals surface area contributed by atoms with Crippen LogP contribution in [-0.4, -0.2) is 31.1 Å². The van der Waals surface area contributed by atoms with Gasteiger partial charge in [-0.3, -0.25) is 4.90 Å². The van der Waals surface area contributed by atoms with Crippen LogP contribution in [0.3, 0.4) is 0 Å². The molecule has 1 fully saturated rings. The first-order valence-corrected chi connectivity index (χ1v) is 8.58. The van der Waals surface area contributed by atoms with Crippen molar-refractivity contribution in [2.75, 3.05) is 26.2 Å². The number of hydrogen-bond acceptors (Lipinski definition) is 3. The van der Waals surface area contributed by atoms with Crippen LogP contribution < -0.4 is 5.32 Å². The van der Waals surface area contributed by atoms with Gasteiger partial charge in [0.15, 0.2) is 0 Å². The van der Waals surface area contributed by atoms with Crippen molar-refractivity contribution < 1.29 is 0 Å². The van der Waals surface area contributed by atoms with Gasteiger partial charge in [-0.05, 0) is 55.8 Å². The fourth-order valence-corrected chi connectivity index (χ4v) is 4.27. The maximum Gasteiger partial charge on any atom is 0.0464 e. The van der Waals surface area contributed by atoms with Crippen molar-refractivity contribution in [2.45, 2.75) is 39.7 Å². The van der Waals surface area contributed by atoms with Gasteiger partial charge in [0.2, 0.25) is 0 Å². The Morgan fingerprint density at radius 1 is 1.47 bits per heavy atom. The lowest BCUT2D eigenvalue weighted by Gasteiger charge is -2.36. The largest absolute Gasteiger partial charge is 0.316 e. The lowest BCUT2D eigenvalue weighted by atomic mass is 9.95. The van der Waals surface area contributed by atoms with Crippen LogP contribution in [0.5, 0.6) is 0 Å². The molecule has 2 nitrogen and oxygen atoms in total. The van der Waals surface area contributed by atoms with Gasteiger partial charge >= 0.3 is 0 Å². The van der Waals surface area contributed by atoms with E-state index in [-0.39, 0.29) is 0 Å². The van der Waals surface area contributed by atoms with Crippen molar-refractivity contribution in [2.24, 2.45) is 11.8 Å². The Morgan fingerprint density at radius 3 is 2.84 bits per heavy atom. The molecule has 2 rings (SSSR count). The summed E-state index contributed by atoms with van der Waals surface area (Å²) in [5.41, 5.74) is 0. The first-order valence-electron chi connectivity index (χ1n) is 7.70. The van der Waals surface area contributed by atoms with Crippen molar-refractivity contribution in [1.29, 1.82) is 0 Å². The SMILES string of the molecule is CCN(CC1CCCNC1)C(c1cccs1)C(C)C. The highest BCUT2D eigenvalue weighted by molar-refractivity contribution is 7.10. The molecule has 0 aliphatic carbocycles. The van der Waals surface area contributed by atoms with E-state index in [9.17, 15) is 0 Å². The number of thiophene rings is 1. The van der Waals surface area contributed by atoms with E-state index in [0.29, 0.717) is 12.0 Å². The van der Waals surface area contributed by atoms with Crippen LogP contribution in [0.15, 0.2) is 17.5 Å². The summed E-state index contributed by atoms with van der Waals surface area (Å²) in [6.45, 7) is 11.8. The van der Waals surface area contributed by atoms with Crippen LogP contribution >= 0.6 is 11.3 Å². The van der Waals surface area contributed by atoms with Gasteiger partial charge in [0, 0.05) is 17.5 Å². The molecule has 1 aromatic rings. The monoisotopic (exact) mass is 280 g/mol. The van der Waals surface area contributed by atoms with Crippen molar-refractivity contribution in [3.63, 3.8) is 0 Å². The first kappa shape index (κ1) is 15.0. The Bertz CT molecular complexity index is 342. The molecule has 1 saturated heterocycles. The second-order valence-electron chi connectivity index (χ2n) is 6.00. The van der Waals surface area contributed by atoms with E-state index in [4.69, 9.17) is 0 Å². The molecule has 0 bridgehead atoms. The van der Waals surface area contributed by atoms with Crippen molar-refractivity contribution in [3.8, 4) is 0 Å². The van der Waals surface area contributed by atoms with Gasteiger partial charge in [0.1, 0.15) is 0 Å². The second kappa shape index (κ2) is 7.41. The normalized spacial score (nSPS) is 22.1. The molecule has 1 N–H and O–H groups in total. The lowest BCUT2D eigenvalue weighted by molar-refractivity contribution is 0.131. The number of nitrogens with zero attached hydrogens (tertiary/aromatic N) is 1. The molecule has 3 heteroatoms. The summed E-state index contributed by atoms with van der Waals surface area (Å²) in [4.78, 5) is 4.22. The summed E-state index contributed by atoms with van der Waals surface area (Å²) >= 11 is 1.91. The molecule has 1 aromatic heterocycles. The van der Waals surface area contributed by atoms with Gasteiger partial charge in [-0.1, -0.05) is 26.8 Å². The van der Waals surface area contributed by atoms with Gasteiger partial charge in [-0.15, -0.1) is 11.3 Å². The zero-order chi connectivity index (χ0) is 13.7. The Morgan fingerprint density at radius 2 is 2.32 bits per heavy atom. The number of hydrogen-bond donors (Lipinski definition) is 1. The maximum atomic E-state index is 3.54. The lowest BCUT2D eigenvalue weighted by Crippen LogP contribution is -2.41. The molecule has 19 heavy (non-hydrogen) atoms. The molecule has 2 unspecified atom stereocenters. The topological polar surface area (TPSA) is 15.3 Å². The van der Waals surface area contributed by atoms with Crippen molar-refractivity contribution >= 4 is 11.3 Å². The van der Waals surface area contributed by atoms with Gasteiger partial charge < -0.3 is 5.32 Å². The minimum atomic E-state index is 0.590. The van der Waals surface area contributed by atoms with Gasteiger partial charge in [-0.25, -0.2) is 0 Å². The van der Waals surface area contributed by atoms with Crippen LogP contribution in [-0.2, 0) is 0 Å². The third-order valence-corrected chi connectivity index (χ3v) is 5.10. The maximum absolute atomic E-state index is 3.54. The summed E-state index contributed by atoms with van der Waals surface area (Å²) in [7, 11) is 0. The summed E-state index contributed by atoms with van der Waals surface area (Å²) in [5.74, 6) is 1.50. The molecule has 108 valence electrons. The number of nitrogens with one attached hydrogen (secondary N) is 1.